The topological polar surface area (TPSA) is 92.8 Å². The average Bonchev–Trinajstić information content (AvgIpc) is 2.63. The zero-order chi connectivity index (χ0) is 20.2. The van der Waals surface area contributed by atoms with E-state index in [1.807, 2.05) is 6.07 Å². The number of sulfonamides is 1. The second-order valence-electron chi connectivity index (χ2n) is 6.12. The lowest BCUT2D eigenvalue weighted by atomic mass is 10.2. The molecule has 7 nitrogen and oxygen atoms in total. The van der Waals surface area contributed by atoms with Crippen molar-refractivity contribution in [1.82, 2.24) is 4.31 Å². The number of esters is 1. The van der Waals surface area contributed by atoms with Crippen LogP contribution in [0.3, 0.4) is 0 Å². The summed E-state index contributed by atoms with van der Waals surface area (Å²) in [6.45, 7) is 3.10. The van der Waals surface area contributed by atoms with Gasteiger partial charge in [0.15, 0.2) is 0 Å². The van der Waals surface area contributed by atoms with E-state index in [0.29, 0.717) is 5.56 Å². The first-order valence-corrected chi connectivity index (χ1v) is 9.61. The highest BCUT2D eigenvalue weighted by Gasteiger charge is 2.25. The summed E-state index contributed by atoms with van der Waals surface area (Å²) in [6, 6.07) is 11.5. The van der Waals surface area contributed by atoms with Gasteiger partial charge in [-0.05, 0) is 43.2 Å². The Bertz CT molecular complexity index is 970. The lowest BCUT2D eigenvalue weighted by Gasteiger charge is -2.19. The number of hydrogen-bond acceptors (Lipinski definition) is 5. The predicted molar refractivity (Wildman–Crippen MR) is 102 cm³/mol. The van der Waals surface area contributed by atoms with Crippen LogP contribution in [-0.4, -0.2) is 45.3 Å². The molecule has 2 aromatic rings. The molecule has 144 valence electrons. The van der Waals surface area contributed by atoms with Gasteiger partial charge in [0.25, 0.3) is 0 Å². The van der Waals surface area contributed by atoms with Gasteiger partial charge in [-0.1, -0.05) is 24.3 Å². The molecule has 0 aliphatic rings. The second-order valence-corrected chi connectivity index (χ2v) is 8.13. The lowest BCUT2D eigenvalue weighted by Crippen LogP contribution is -2.35. The van der Waals surface area contributed by atoms with Crippen molar-refractivity contribution >= 4 is 27.6 Å². The van der Waals surface area contributed by atoms with E-state index in [-0.39, 0.29) is 16.1 Å². The van der Waals surface area contributed by atoms with Gasteiger partial charge in [-0.15, -0.1) is 0 Å². The fraction of sp³-hybridized carbons (Fsp3) is 0.263. The van der Waals surface area contributed by atoms with Crippen LogP contribution >= 0.6 is 0 Å². The molecule has 27 heavy (non-hydrogen) atoms. The van der Waals surface area contributed by atoms with Crippen molar-refractivity contribution in [3.05, 3.63) is 59.2 Å². The standard InChI is InChI=1S/C19H22N2O5S/c1-13-9-10-14(2)17(11-13)27(24,25)21(3)12-18(22)20-16-8-6-5-7-15(16)19(23)26-4/h5-11H,12H2,1-4H3,(H,20,22). The minimum absolute atomic E-state index is 0.160. The van der Waals surface area contributed by atoms with Gasteiger partial charge < -0.3 is 10.1 Å². The summed E-state index contributed by atoms with van der Waals surface area (Å²) in [6.07, 6.45) is 0. The molecule has 0 aliphatic heterocycles. The van der Waals surface area contributed by atoms with Crippen LogP contribution in [0.5, 0.6) is 0 Å². The van der Waals surface area contributed by atoms with E-state index in [1.54, 1.807) is 44.2 Å². The van der Waals surface area contributed by atoms with Crippen LogP contribution in [-0.2, 0) is 19.6 Å². The second kappa shape index (κ2) is 8.32. The van der Waals surface area contributed by atoms with Crippen LogP contribution in [0.15, 0.2) is 47.4 Å². The molecule has 0 atom stereocenters. The molecule has 2 rings (SSSR count). The van der Waals surface area contributed by atoms with E-state index in [2.05, 4.69) is 10.1 Å². The molecule has 0 bridgehead atoms. The number of likely N-dealkylation sites (N-methyl/N-ethyl adjacent to an activating group) is 1. The van der Waals surface area contributed by atoms with E-state index in [4.69, 9.17) is 0 Å². The highest BCUT2D eigenvalue weighted by atomic mass is 32.2. The molecule has 0 spiro atoms. The van der Waals surface area contributed by atoms with Gasteiger partial charge in [0.05, 0.1) is 29.8 Å². The molecular formula is C19H22N2O5S. The fourth-order valence-corrected chi connectivity index (χ4v) is 3.94. The monoisotopic (exact) mass is 390 g/mol. The zero-order valence-electron chi connectivity index (χ0n) is 15.6. The number of carbonyl (C=O) groups is 2. The summed E-state index contributed by atoms with van der Waals surface area (Å²) < 4.78 is 31.2. The maximum absolute atomic E-state index is 12.8. The largest absolute Gasteiger partial charge is 0.465 e. The van der Waals surface area contributed by atoms with Crippen LogP contribution in [0.1, 0.15) is 21.5 Å². The number of nitrogens with one attached hydrogen (secondary N) is 1. The number of amides is 1. The molecule has 0 aromatic heterocycles. The molecule has 0 saturated heterocycles. The molecule has 8 heteroatoms. The highest BCUT2D eigenvalue weighted by Crippen LogP contribution is 2.21. The summed E-state index contributed by atoms with van der Waals surface area (Å²) in [4.78, 5) is 24.3. The molecule has 0 heterocycles. The van der Waals surface area contributed by atoms with Gasteiger partial charge in [-0.3, -0.25) is 4.79 Å². The van der Waals surface area contributed by atoms with Gasteiger partial charge in [0.2, 0.25) is 15.9 Å². The Labute approximate surface area is 159 Å². The maximum atomic E-state index is 12.8. The van der Waals surface area contributed by atoms with Crippen molar-refractivity contribution in [3.63, 3.8) is 0 Å². The van der Waals surface area contributed by atoms with Gasteiger partial charge in [0.1, 0.15) is 0 Å². The number of aryl methyl sites for hydroxylation is 2. The molecule has 2 aromatic carbocycles. The number of anilines is 1. The Morgan fingerprint density at radius 2 is 1.78 bits per heavy atom. The van der Waals surface area contributed by atoms with Gasteiger partial charge in [-0.25, -0.2) is 13.2 Å². The van der Waals surface area contributed by atoms with E-state index >= 15 is 0 Å². The third kappa shape index (κ3) is 4.72. The van der Waals surface area contributed by atoms with Crippen LogP contribution < -0.4 is 5.32 Å². The highest BCUT2D eigenvalue weighted by molar-refractivity contribution is 7.89. The number of para-hydroxylation sites is 1. The van der Waals surface area contributed by atoms with E-state index in [1.165, 1.54) is 20.2 Å². The Balaban J connectivity index is 2.19. The minimum atomic E-state index is -3.83. The molecule has 0 radical (unpaired) electrons. The van der Waals surface area contributed by atoms with Crippen molar-refractivity contribution in [1.29, 1.82) is 0 Å². The zero-order valence-corrected chi connectivity index (χ0v) is 16.5. The van der Waals surface area contributed by atoms with Crippen LogP contribution in [0.25, 0.3) is 0 Å². The molecule has 0 saturated carbocycles. The van der Waals surface area contributed by atoms with E-state index in [0.717, 1.165) is 9.87 Å². The number of nitrogens with zero attached hydrogens (tertiary/aromatic N) is 1. The quantitative estimate of drug-likeness (QED) is 0.765. The first-order chi connectivity index (χ1) is 12.7. The number of methoxy groups -OCH3 is 1. The Kier molecular flexibility index (Phi) is 6.35. The third-order valence-corrected chi connectivity index (χ3v) is 5.95. The van der Waals surface area contributed by atoms with Gasteiger partial charge in [0, 0.05) is 7.05 Å². The fourth-order valence-electron chi connectivity index (χ4n) is 2.51. The van der Waals surface area contributed by atoms with Crippen molar-refractivity contribution in [2.45, 2.75) is 18.7 Å². The number of ether oxygens (including phenoxy) is 1. The smallest absolute Gasteiger partial charge is 0.339 e. The molecule has 0 fully saturated rings. The first-order valence-electron chi connectivity index (χ1n) is 8.17. The van der Waals surface area contributed by atoms with Crippen molar-refractivity contribution in [3.8, 4) is 0 Å². The van der Waals surface area contributed by atoms with Gasteiger partial charge in [-0.2, -0.15) is 4.31 Å². The van der Waals surface area contributed by atoms with E-state index < -0.39 is 28.4 Å². The summed E-state index contributed by atoms with van der Waals surface area (Å²) in [7, 11) is -1.25. The number of hydrogen-bond donors (Lipinski definition) is 1. The normalized spacial score (nSPS) is 11.3. The SMILES string of the molecule is COC(=O)c1ccccc1NC(=O)CN(C)S(=O)(=O)c1cc(C)ccc1C. The number of carbonyl (C=O) groups excluding carboxylic acids is 2. The van der Waals surface area contributed by atoms with Crippen molar-refractivity contribution < 1.29 is 22.7 Å². The molecule has 0 unspecified atom stereocenters. The Morgan fingerprint density at radius 3 is 2.44 bits per heavy atom. The maximum Gasteiger partial charge on any atom is 0.339 e. The average molecular weight is 390 g/mol. The molecule has 1 amide bonds. The van der Waals surface area contributed by atoms with Crippen molar-refractivity contribution in [2.24, 2.45) is 0 Å². The van der Waals surface area contributed by atoms with Crippen LogP contribution in [0.2, 0.25) is 0 Å². The van der Waals surface area contributed by atoms with E-state index in [9.17, 15) is 18.0 Å². The summed E-state index contributed by atoms with van der Waals surface area (Å²) in [5.74, 6) is -1.16. The minimum Gasteiger partial charge on any atom is -0.465 e. The van der Waals surface area contributed by atoms with Crippen LogP contribution in [0.4, 0.5) is 5.69 Å². The van der Waals surface area contributed by atoms with Gasteiger partial charge >= 0.3 is 5.97 Å². The van der Waals surface area contributed by atoms with Crippen LogP contribution in [0, 0.1) is 13.8 Å². The lowest BCUT2D eigenvalue weighted by molar-refractivity contribution is -0.116. The number of rotatable bonds is 6. The van der Waals surface area contributed by atoms with Crippen molar-refractivity contribution in [2.75, 3.05) is 26.0 Å². The molecule has 1 N–H and O–H groups in total. The first kappa shape index (κ1) is 20.6. The Hall–Kier alpha value is -2.71. The molecule has 0 aliphatic carbocycles. The number of benzene rings is 2. The summed E-state index contributed by atoms with van der Waals surface area (Å²) in [5.41, 5.74) is 1.85. The summed E-state index contributed by atoms with van der Waals surface area (Å²) >= 11 is 0. The predicted octanol–water partition coefficient (Wildman–Crippen LogP) is 2.35. The summed E-state index contributed by atoms with van der Waals surface area (Å²) in [5, 5.41) is 2.56. The third-order valence-electron chi connectivity index (χ3n) is 4.00. The molecular weight excluding hydrogens is 368 g/mol. The Morgan fingerprint density at radius 1 is 1.11 bits per heavy atom.